The van der Waals surface area contributed by atoms with Crippen LogP contribution in [0.2, 0.25) is 0 Å². The molecule has 3 atom stereocenters. The van der Waals surface area contributed by atoms with Crippen molar-refractivity contribution in [3.05, 3.63) is 12.2 Å². The fourth-order valence-electron chi connectivity index (χ4n) is 6.36. The summed E-state index contributed by atoms with van der Waals surface area (Å²) in [5.41, 5.74) is 0. The Kier molecular flexibility index (Phi) is 36.2. The van der Waals surface area contributed by atoms with Gasteiger partial charge in [-0.05, 0) is 19.3 Å². The molecule has 0 bridgehead atoms. The number of hydrogen-bond donors (Lipinski definition) is 4. The van der Waals surface area contributed by atoms with Crippen molar-refractivity contribution in [2.24, 2.45) is 0 Å². The van der Waals surface area contributed by atoms with Crippen LogP contribution in [0.25, 0.3) is 0 Å². The van der Waals surface area contributed by atoms with E-state index in [1.165, 1.54) is 167 Å². The molecule has 274 valence electrons. The van der Waals surface area contributed by atoms with Crippen LogP contribution in [0.3, 0.4) is 0 Å². The quantitative estimate of drug-likeness (QED) is 0.0397. The van der Waals surface area contributed by atoms with Crippen LogP contribution in [0.4, 0.5) is 0 Å². The lowest BCUT2D eigenvalue weighted by atomic mass is 10.0. The molecule has 1 amide bonds. The first kappa shape index (κ1) is 45.1. The minimum atomic E-state index is -1.09. The van der Waals surface area contributed by atoms with Crippen LogP contribution < -0.4 is 5.32 Å². The molecular weight excluding hydrogens is 570 g/mol. The van der Waals surface area contributed by atoms with Gasteiger partial charge in [-0.3, -0.25) is 4.79 Å². The number of allylic oxidation sites excluding steroid dienone is 1. The molecule has 0 aliphatic carbocycles. The lowest BCUT2D eigenvalue weighted by Gasteiger charge is -2.21. The van der Waals surface area contributed by atoms with Crippen molar-refractivity contribution < 1.29 is 20.1 Å². The van der Waals surface area contributed by atoms with Gasteiger partial charge in [0.05, 0.1) is 18.8 Å². The number of rotatable bonds is 37. The highest BCUT2D eigenvalue weighted by Crippen LogP contribution is 2.16. The maximum absolute atomic E-state index is 12.4. The average Bonchev–Trinajstić information content (AvgIpc) is 3.06. The molecule has 5 nitrogen and oxygen atoms in total. The predicted molar refractivity (Wildman–Crippen MR) is 199 cm³/mol. The summed E-state index contributed by atoms with van der Waals surface area (Å²) in [6.07, 6.45) is 42.3. The molecule has 0 spiro atoms. The van der Waals surface area contributed by atoms with Crippen LogP contribution in [0.5, 0.6) is 0 Å². The van der Waals surface area contributed by atoms with Gasteiger partial charge in [-0.15, -0.1) is 0 Å². The smallest absolute Gasteiger partial charge is 0.249 e. The fourth-order valence-corrected chi connectivity index (χ4v) is 6.36. The third-order valence-electron chi connectivity index (χ3n) is 9.63. The first-order valence-corrected chi connectivity index (χ1v) is 20.5. The van der Waals surface area contributed by atoms with Gasteiger partial charge in [0.15, 0.2) is 0 Å². The molecule has 0 aromatic heterocycles. The Labute approximate surface area is 287 Å². The predicted octanol–water partition coefficient (Wildman–Crippen LogP) is 11.3. The highest BCUT2D eigenvalue weighted by molar-refractivity contribution is 5.80. The summed E-state index contributed by atoms with van der Waals surface area (Å²) in [5, 5.41) is 33.1. The van der Waals surface area contributed by atoms with Gasteiger partial charge in [0, 0.05) is 0 Å². The largest absolute Gasteiger partial charge is 0.394 e. The van der Waals surface area contributed by atoms with Crippen molar-refractivity contribution >= 4 is 5.91 Å². The Morgan fingerprint density at radius 1 is 0.522 bits per heavy atom. The number of aliphatic hydroxyl groups excluding tert-OH is 3. The highest BCUT2D eigenvalue weighted by atomic mass is 16.3. The lowest BCUT2D eigenvalue weighted by molar-refractivity contribution is -0.131. The molecule has 0 rings (SSSR count). The van der Waals surface area contributed by atoms with Crippen LogP contribution in [-0.4, -0.2) is 46.1 Å². The Morgan fingerprint density at radius 2 is 0.848 bits per heavy atom. The van der Waals surface area contributed by atoms with Crippen molar-refractivity contribution in [1.82, 2.24) is 5.32 Å². The van der Waals surface area contributed by atoms with Gasteiger partial charge in [-0.1, -0.05) is 212 Å². The second-order valence-electron chi connectivity index (χ2n) is 14.2. The third kappa shape index (κ3) is 31.7. The second kappa shape index (κ2) is 36.9. The summed E-state index contributed by atoms with van der Waals surface area (Å²) in [6, 6.07) is -0.791. The molecule has 0 saturated carbocycles. The summed E-state index contributed by atoms with van der Waals surface area (Å²) < 4.78 is 0. The molecule has 0 heterocycles. The standard InChI is InChI=1S/C41H81NO4/c1-3-5-7-9-11-13-15-17-19-20-22-24-26-28-30-32-34-36-40(45)41(46)42-38(37-43)39(44)35-33-31-29-27-25-23-21-18-16-14-12-10-8-6-4-2/h33,35,38-40,43-45H,3-32,34,36-37H2,1-2H3,(H,42,46)/b35-33+. The molecule has 4 N–H and O–H groups in total. The van der Waals surface area contributed by atoms with Gasteiger partial charge in [0.25, 0.3) is 0 Å². The molecule has 0 saturated heterocycles. The van der Waals surface area contributed by atoms with Crippen LogP contribution >= 0.6 is 0 Å². The molecule has 5 heteroatoms. The molecule has 46 heavy (non-hydrogen) atoms. The number of aliphatic hydroxyl groups is 3. The number of nitrogens with one attached hydrogen (secondary N) is 1. The van der Waals surface area contributed by atoms with Crippen molar-refractivity contribution in [2.45, 2.75) is 238 Å². The molecule has 0 aromatic rings. The van der Waals surface area contributed by atoms with E-state index >= 15 is 0 Å². The summed E-state index contributed by atoms with van der Waals surface area (Å²) in [4.78, 5) is 12.4. The van der Waals surface area contributed by atoms with Gasteiger partial charge in [0.2, 0.25) is 5.91 Å². The van der Waals surface area contributed by atoms with Crippen molar-refractivity contribution in [3.8, 4) is 0 Å². The summed E-state index contributed by atoms with van der Waals surface area (Å²) in [5.74, 6) is -0.500. The minimum Gasteiger partial charge on any atom is -0.394 e. The van der Waals surface area contributed by atoms with E-state index in [9.17, 15) is 20.1 Å². The Morgan fingerprint density at radius 3 is 1.20 bits per heavy atom. The van der Waals surface area contributed by atoms with Gasteiger partial charge < -0.3 is 20.6 Å². The second-order valence-corrected chi connectivity index (χ2v) is 14.2. The van der Waals surface area contributed by atoms with Gasteiger partial charge in [-0.2, -0.15) is 0 Å². The third-order valence-corrected chi connectivity index (χ3v) is 9.63. The van der Waals surface area contributed by atoms with Crippen LogP contribution in [0, 0.1) is 0 Å². The van der Waals surface area contributed by atoms with E-state index in [1.54, 1.807) is 6.08 Å². The Bertz CT molecular complexity index is 640. The SMILES string of the molecule is CCCCCCCCCCCCCCC/C=C/C(O)C(CO)NC(=O)C(O)CCCCCCCCCCCCCCCCCCC. The fraction of sp³-hybridized carbons (Fsp3) is 0.927. The van der Waals surface area contributed by atoms with E-state index < -0.39 is 24.2 Å². The van der Waals surface area contributed by atoms with E-state index in [1.807, 2.05) is 6.08 Å². The van der Waals surface area contributed by atoms with E-state index in [0.29, 0.717) is 6.42 Å². The number of carbonyl (C=O) groups is 1. The zero-order valence-corrected chi connectivity index (χ0v) is 31.0. The highest BCUT2D eigenvalue weighted by Gasteiger charge is 2.22. The molecule has 0 fully saturated rings. The van der Waals surface area contributed by atoms with Crippen LogP contribution in [0.15, 0.2) is 12.2 Å². The first-order chi connectivity index (χ1) is 22.6. The van der Waals surface area contributed by atoms with Crippen molar-refractivity contribution in [2.75, 3.05) is 6.61 Å². The van der Waals surface area contributed by atoms with Crippen molar-refractivity contribution in [3.63, 3.8) is 0 Å². The maximum Gasteiger partial charge on any atom is 0.249 e. The topological polar surface area (TPSA) is 89.8 Å². The normalized spacial score (nSPS) is 13.8. The molecule has 0 aliphatic heterocycles. The lowest BCUT2D eigenvalue weighted by Crippen LogP contribution is -2.48. The monoisotopic (exact) mass is 652 g/mol. The van der Waals surface area contributed by atoms with E-state index in [0.717, 1.165) is 32.1 Å². The minimum absolute atomic E-state index is 0.359. The number of carbonyl (C=O) groups excluding carboxylic acids is 1. The number of unbranched alkanes of at least 4 members (excludes halogenated alkanes) is 29. The number of amides is 1. The van der Waals surface area contributed by atoms with Gasteiger partial charge in [0.1, 0.15) is 6.10 Å². The van der Waals surface area contributed by atoms with E-state index in [2.05, 4.69) is 19.2 Å². The van der Waals surface area contributed by atoms with Gasteiger partial charge in [-0.25, -0.2) is 0 Å². The summed E-state index contributed by atoms with van der Waals surface area (Å²) in [6.45, 7) is 4.18. The number of hydrogen-bond acceptors (Lipinski definition) is 4. The average molecular weight is 652 g/mol. The zero-order chi connectivity index (χ0) is 33.8. The Balaban J connectivity index is 3.67. The van der Waals surface area contributed by atoms with E-state index in [4.69, 9.17) is 0 Å². The zero-order valence-electron chi connectivity index (χ0n) is 31.0. The summed E-state index contributed by atoms with van der Waals surface area (Å²) in [7, 11) is 0. The molecule has 0 aliphatic rings. The van der Waals surface area contributed by atoms with Crippen LogP contribution in [-0.2, 0) is 4.79 Å². The van der Waals surface area contributed by atoms with E-state index in [-0.39, 0.29) is 6.61 Å². The maximum atomic E-state index is 12.4. The summed E-state index contributed by atoms with van der Waals surface area (Å²) >= 11 is 0. The Hall–Kier alpha value is -0.910. The van der Waals surface area contributed by atoms with Crippen molar-refractivity contribution in [1.29, 1.82) is 0 Å². The molecule has 0 aromatic carbocycles. The molecule has 3 unspecified atom stereocenters. The first-order valence-electron chi connectivity index (χ1n) is 20.5. The molecule has 0 radical (unpaired) electrons. The van der Waals surface area contributed by atoms with Gasteiger partial charge >= 0.3 is 0 Å². The van der Waals surface area contributed by atoms with Crippen LogP contribution in [0.1, 0.15) is 219 Å². The molecular formula is C41H81NO4.